The number of hydrogen-bond acceptors (Lipinski definition) is 8. The molecule has 212 valence electrons. The number of rotatable bonds is 8. The predicted octanol–water partition coefficient (Wildman–Crippen LogP) is 4.93. The Bertz CT molecular complexity index is 1340. The van der Waals surface area contributed by atoms with Gasteiger partial charge in [-0.25, -0.2) is 14.4 Å². The Hall–Kier alpha value is -3.79. The lowest BCUT2D eigenvalue weighted by Gasteiger charge is -2.34. The number of ether oxygens (including phenoxy) is 2. The standard InChI is InChI=1S/C30H37FN6O3/c1-5-37(19(2)3)30(38)24-16-21(31)6-7-25(24)40-27-17-32-18-35-29(27)36-14-10-22(11-15-36)39-26-9-13-34-28-20(4)33-12-8-23(26)28/h6-7,9,13,16-20,22,33H,5,8,10-12,14-15H2,1-4H3. The number of nitrogens with one attached hydrogen (secondary N) is 1. The fourth-order valence-corrected chi connectivity index (χ4v) is 5.49. The summed E-state index contributed by atoms with van der Waals surface area (Å²) in [6.45, 7) is 10.7. The van der Waals surface area contributed by atoms with Crippen molar-refractivity contribution in [2.75, 3.05) is 31.1 Å². The molecule has 1 unspecified atom stereocenters. The molecular weight excluding hydrogens is 511 g/mol. The molecule has 1 aromatic carbocycles. The van der Waals surface area contributed by atoms with E-state index in [1.54, 1.807) is 11.1 Å². The van der Waals surface area contributed by atoms with Crippen molar-refractivity contribution < 1.29 is 18.7 Å². The molecule has 0 bridgehead atoms. The van der Waals surface area contributed by atoms with Crippen molar-refractivity contribution in [3.05, 3.63) is 65.6 Å². The van der Waals surface area contributed by atoms with Gasteiger partial charge in [0.1, 0.15) is 29.7 Å². The van der Waals surface area contributed by atoms with Gasteiger partial charge in [0.15, 0.2) is 11.6 Å². The van der Waals surface area contributed by atoms with E-state index in [2.05, 4.69) is 32.1 Å². The van der Waals surface area contributed by atoms with Gasteiger partial charge >= 0.3 is 0 Å². The van der Waals surface area contributed by atoms with Crippen molar-refractivity contribution in [3.8, 4) is 17.2 Å². The van der Waals surface area contributed by atoms with Gasteiger partial charge in [-0.3, -0.25) is 9.78 Å². The van der Waals surface area contributed by atoms with Crippen LogP contribution in [0.15, 0.2) is 43.0 Å². The minimum atomic E-state index is -0.497. The van der Waals surface area contributed by atoms with Gasteiger partial charge in [0, 0.05) is 56.3 Å². The second kappa shape index (κ2) is 12.2. The monoisotopic (exact) mass is 548 g/mol. The summed E-state index contributed by atoms with van der Waals surface area (Å²) in [5.74, 6) is 1.47. The largest absolute Gasteiger partial charge is 0.490 e. The van der Waals surface area contributed by atoms with Crippen LogP contribution >= 0.6 is 0 Å². The Kier molecular flexibility index (Phi) is 8.44. The number of nitrogens with zero attached hydrogens (tertiary/aromatic N) is 5. The third-order valence-corrected chi connectivity index (χ3v) is 7.59. The topological polar surface area (TPSA) is 92.7 Å². The number of aromatic nitrogens is 3. The lowest BCUT2D eigenvalue weighted by Crippen LogP contribution is -2.39. The highest BCUT2D eigenvalue weighted by atomic mass is 19.1. The maximum Gasteiger partial charge on any atom is 0.257 e. The van der Waals surface area contributed by atoms with Gasteiger partial charge in [-0.1, -0.05) is 0 Å². The summed E-state index contributed by atoms with van der Waals surface area (Å²) in [4.78, 5) is 30.3. The van der Waals surface area contributed by atoms with E-state index in [4.69, 9.17) is 9.47 Å². The van der Waals surface area contributed by atoms with Gasteiger partial charge in [-0.05, 0) is 64.9 Å². The van der Waals surface area contributed by atoms with Crippen molar-refractivity contribution in [2.45, 2.75) is 65.1 Å². The zero-order chi connectivity index (χ0) is 28.2. The molecule has 1 atom stereocenters. The predicted molar refractivity (Wildman–Crippen MR) is 151 cm³/mol. The molecule has 0 radical (unpaired) electrons. The third-order valence-electron chi connectivity index (χ3n) is 7.59. The zero-order valence-electron chi connectivity index (χ0n) is 23.6. The summed E-state index contributed by atoms with van der Waals surface area (Å²) in [7, 11) is 0. The van der Waals surface area contributed by atoms with Crippen LogP contribution in [0.2, 0.25) is 0 Å². The SMILES string of the molecule is CCN(C(=O)c1cc(F)ccc1Oc1cncnc1N1CCC(Oc2ccnc3c2CCNC3C)CC1)C(C)C. The minimum absolute atomic E-state index is 0.0366. The van der Waals surface area contributed by atoms with Crippen LogP contribution in [0.5, 0.6) is 17.2 Å². The summed E-state index contributed by atoms with van der Waals surface area (Å²) in [5.41, 5.74) is 2.44. The van der Waals surface area contributed by atoms with Gasteiger partial charge in [0.25, 0.3) is 5.91 Å². The maximum atomic E-state index is 14.2. The smallest absolute Gasteiger partial charge is 0.257 e. The van der Waals surface area contributed by atoms with E-state index in [0.29, 0.717) is 18.1 Å². The molecule has 2 aromatic heterocycles. The molecule has 9 nitrogen and oxygen atoms in total. The van der Waals surface area contributed by atoms with E-state index < -0.39 is 5.82 Å². The molecule has 0 saturated carbocycles. The van der Waals surface area contributed by atoms with Crippen LogP contribution in [0.3, 0.4) is 0 Å². The fourth-order valence-electron chi connectivity index (χ4n) is 5.49. The lowest BCUT2D eigenvalue weighted by atomic mass is 10.00. The van der Waals surface area contributed by atoms with Gasteiger partial charge in [-0.2, -0.15) is 0 Å². The Labute approximate surface area is 234 Å². The molecule has 5 rings (SSSR count). The highest BCUT2D eigenvalue weighted by Gasteiger charge is 2.28. The van der Waals surface area contributed by atoms with Crippen LogP contribution < -0.4 is 19.7 Å². The summed E-state index contributed by atoms with van der Waals surface area (Å²) in [6.07, 6.45) is 7.51. The molecule has 4 heterocycles. The molecule has 0 spiro atoms. The molecule has 2 aliphatic heterocycles. The van der Waals surface area contributed by atoms with Gasteiger partial charge in [-0.15, -0.1) is 0 Å². The first-order chi connectivity index (χ1) is 19.4. The number of fused-ring (bicyclic) bond motifs is 1. The highest BCUT2D eigenvalue weighted by molar-refractivity contribution is 5.97. The van der Waals surface area contributed by atoms with Crippen molar-refractivity contribution >= 4 is 11.7 Å². The van der Waals surface area contributed by atoms with Crippen molar-refractivity contribution in [2.24, 2.45) is 0 Å². The molecule has 40 heavy (non-hydrogen) atoms. The number of hydrogen-bond donors (Lipinski definition) is 1. The zero-order valence-corrected chi connectivity index (χ0v) is 23.6. The van der Waals surface area contributed by atoms with Gasteiger partial charge in [0.2, 0.25) is 0 Å². The molecule has 1 fully saturated rings. The molecule has 3 aromatic rings. The maximum absolute atomic E-state index is 14.2. The van der Waals surface area contributed by atoms with Crippen LogP contribution in [-0.2, 0) is 6.42 Å². The van der Waals surface area contributed by atoms with Crippen molar-refractivity contribution in [3.63, 3.8) is 0 Å². The molecular formula is C30H37FN6O3. The van der Waals surface area contributed by atoms with Crippen LogP contribution in [0.25, 0.3) is 0 Å². The first kappa shape index (κ1) is 27.8. The number of pyridine rings is 1. The van der Waals surface area contributed by atoms with E-state index in [1.165, 1.54) is 30.1 Å². The number of anilines is 1. The summed E-state index contributed by atoms with van der Waals surface area (Å²) in [6, 6.07) is 6.16. The molecule has 0 aliphatic carbocycles. The van der Waals surface area contributed by atoms with E-state index >= 15 is 0 Å². The second-order valence-electron chi connectivity index (χ2n) is 10.5. The average Bonchev–Trinajstić information content (AvgIpc) is 2.95. The van der Waals surface area contributed by atoms with Crippen LogP contribution in [0, 0.1) is 5.82 Å². The number of carbonyl (C=O) groups is 1. The quantitative estimate of drug-likeness (QED) is 0.424. The molecule has 2 aliphatic rings. The van der Waals surface area contributed by atoms with Crippen LogP contribution in [0.1, 0.15) is 68.2 Å². The Morgan fingerprint density at radius 1 is 1.18 bits per heavy atom. The van der Waals surface area contributed by atoms with Crippen molar-refractivity contribution in [1.29, 1.82) is 0 Å². The fraction of sp³-hybridized carbons (Fsp3) is 0.467. The number of carbonyl (C=O) groups excluding carboxylic acids is 1. The second-order valence-corrected chi connectivity index (χ2v) is 10.5. The van der Waals surface area contributed by atoms with E-state index in [1.807, 2.05) is 33.0 Å². The lowest BCUT2D eigenvalue weighted by molar-refractivity contribution is 0.0713. The summed E-state index contributed by atoms with van der Waals surface area (Å²) >= 11 is 0. The summed E-state index contributed by atoms with van der Waals surface area (Å²) < 4.78 is 26.9. The number of halogens is 1. The first-order valence-electron chi connectivity index (χ1n) is 14.1. The first-order valence-corrected chi connectivity index (χ1v) is 14.1. The van der Waals surface area contributed by atoms with Gasteiger partial charge in [0.05, 0.1) is 17.5 Å². The normalized spacial score (nSPS) is 17.4. The Morgan fingerprint density at radius 3 is 2.73 bits per heavy atom. The molecule has 1 amide bonds. The summed E-state index contributed by atoms with van der Waals surface area (Å²) in [5, 5.41) is 3.45. The van der Waals surface area contributed by atoms with Crippen LogP contribution in [0.4, 0.5) is 10.2 Å². The molecule has 10 heteroatoms. The average molecular weight is 549 g/mol. The van der Waals surface area contributed by atoms with E-state index in [-0.39, 0.29) is 35.4 Å². The molecule has 1 saturated heterocycles. The minimum Gasteiger partial charge on any atom is -0.490 e. The number of amides is 1. The Balaban J connectivity index is 1.30. The number of benzene rings is 1. The van der Waals surface area contributed by atoms with Gasteiger partial charge < -0.3 is 24.6 Å². The molecule has 1 N–H and O–H groups in total. The van der Waals surface area contributed by atoms with E-state index in [0.717, 1.165) is 50.3 Å². The number of piperidine rings is 1. The highest BCUT2D eigenvalue weighted by Crippen LogP contribution is 2.35. The van der Waals surface area contributed by atoms with E-state index in [9.17, 15) is 9.18 Å². The third kappa shape index (κ3) is 5.86. The Morgan fingerprint density at radius 2 is 1.98 bits per heavy atom. The van der Waals surface area contributed by atoms with Crippen LogP contribution in [-0.4, -0.2) is 64.1 Å². The van der Waals surface area contributed by atoms with Crippen molar-refractivity contribution in [1.82, 2.24) is 25.2 Å².